The van der Waals surface area contributed by atoms with Gasteiger partial charge < -0.3 is 29.7 Å². The molecule has 1 heterocycles. The van der Waals surface area contributed by atoms with Crippen molar-refractivity contribution in [1.29, 1.82) is 0 Å². The molecule has 1 unspecified atom stereocenters. The van der Waals surface area contributed by atoms with E-state index in [1.807, 2.05) is 25.7 Å². The van der Waals surface area contributed by atoms with Crippen LogP contribution in [-0.4, -0.2) is 87.4 Å². The van der Waals surface area contributed by atoms with Crippen molar-refractivity contribution in [3.05, 3.63) is 53.3 Å². The lowest BCUT2D eigenvalue weighted by molar-refractivity contribution is 0.0620. The van der Waals surface area contributed by atoms with E-state index in [-0.39, 0.29) is 35.6 Å². The highest BCUT2D eigenvalue weighted by atomic mass is 19.1. The first-order chi connectivity index (χ1) is 19.2. The smallest absolute Gasteiger partial charge is 0.254 e. The largest absolute Gasteiger partial charge is 0.493 e. The van der Waals surface area contributed by atoms with Gasteiger partial charge in [0.1, 0.15) is 11.6 Å². The molecule has 2 aromatic rings. The minimum absolute atomic E-state index is 0.0110. The van der Waals surface area contributed by atoms with Crippen molar-refractivity contribution in [1.82, 2.24) is 9.80 Å². The first-order valence-corrected chi connectivity index (χ1v) is 14.0. The number of benzene rings is 2. The molecule has 222 valence electrons. The van der Waals surface area contributed by atoms with Crippen LogP contribution in [0.4, 0.5) is 4.39 Å². The maximum Gasteiger partial charge on any atom is 0.254 e. The third-order valence-corrected chi connectivity index (χ3v) is 7.10. The number of nitrogens with two attached hydrogens (primary N) is 1. The van der Waals surface area contributed by atoms with Crippen molar-refractivity contribution in [2.75, 3.05) is 47.6 Å². The van der Waals surface area contributed by atoms with Gasteiger partial charge in [-0.05, 0) is 77.1 Å². The van der Waals surface area contributed by atoms with Gasteiger partial charge >= 0.3 is 0 Å². The number of carbonyl (C=O) groups excluding carboxylic acids is 2. The summed E-state index contributed by atoms with van der Waals surface area (Å²) >= 11 is 0. The molecule has 0 aromatic heterocycles. The van der Waals surface area contributed by atoms with E-state index in [0.29, 0.717) is 55.2 Å². The fraction of sp³-hybridized carbons (Fsp3) is 0.548. The monoisotopic (exact) mass is 559 g/mol. The molecule has 0 spiro atoms. The van der Waals surface area contributed by atoms with Gasteiger partial charge in [-0.1, -0.05) is 6.92 Å². The molecular weight excluding hydrogens is 513 g/mol. The molecule has 9 heteroatoms. The van der Waals surface area contributed by atoms with Crippen LogP contribution in [0.5, 0.6) is 5.75 Å². The molecule has 0 saturated carbocycles. The highest BCUT2D eigenvalue weighted by Crippen LogP contribution is 2.35. The molecule has 8 nitrogen and oxygen atoms in total. The van der Waals surface area contributed by atoms with E-state index < -0.39 is 5.82 Å². The summed E-state index contributed by atoms with van der Waals surface area (Å²) < 4.78 is 31.8. The molecule has 40 heavy (non-hydrogen) atoms. The number of halogens is 1. The zero-order valence-corrected chi connectivity index (χ0v) is 25.0. The first-order valence-electron chi connectivity index (χ1n) is 14.0. The molecule has 3 rings (SSSR count). The summed E-state index contributed by atoms with van der Waals surface area (Å²) in [5, 5.41) is 0. The molecule has 1 aliphatic rings. The molecule has 1 fully saturated rings. The third-order valence-electron chi connectivity index (χ3n) is 7.10. The zero-order valence-electron chi connectivity index (χ0n) is 25.0. The van der Waals surface area contributed by atoms with E-state index in [2.05, 4.69) is 12.7 Å². The Hall–Kier alpha value is -3.01. The minimum Gasteiger partial charge on any atom is -0.493 e. The van der Waals surface area contributed by atoms with E-state index in [1.54, 1.807) is 43.4 Å². The number of ether oxygens (including phenoxy) is 3. The Labute approximate surface area is 238 Å². The molecule has 0 radical (unpaired) electrons. The molecule has 1 aliphatic heterocycles. The molecule has 2 N–H and O–H groups in total. The quantitative estimate of drug-likeness (QED) is 0.368. The summed E-state index contributed by atoms with van der Waals surface area (Å²) in [6.07, 6.45) is 2.25. The Bertz CT molecular complexity index is 1110. The van der Waals surface area contributed by atoms with Crippen molar-refractivity contribution in [3.8, 4) is 16.9 Å². The Kier molecular flexibility index (Phi) is 13.5. The van der Waals surface area contributed by atoms with Crippen molar-refractivity contribution in [2.45, 2.75) is 65.1 Å². The van der Waals surface area contributed by atoms with Gasteiger partial charge in [-0.2, -0.15) is 0 Å². The Morgan fingerprint density at radius 3 is 2.35 bits per heavy atom. The lowest BCUT2D eigenvalue weighted by atomic mass is 9.98. The number of hydrogen-bond donors (Lipinski definition) is 1. The number of hydrogen-bond acceptors (Lipinski definition) is 6. The van der Waals surface area contributed by atoms with E-state index >= 15 is 4.39 Å². The highest BCUT2D eigenvalue weighted by molar-refractivity contribution is 5.97. The van der Waals surface area contributed by atoms with Crippen LogP contribution >= 0.6 is 0 Å². The van der Waals surface area contributed by atoms with E-state index in [9.17, 15) is 9.59 Å². The summed E-state index contributed by atoms with van der Waals surface area (Å²) in [5.41, 5.74) is 6.11. The molecule has 0 bridgehead atoms. The van der Waals surface area contributed by atoms with Gasteiger partial charge in [0.15, 0.2) is 0 Å². The maximum absolute atomic E-state index is 15.2. The summed E-state index contributed by atoms with van der Waals surface area (Å²) in [4.78, 5) is 30.2. The maximum atomic E-state index is 15.2. The molecule has 2 amide bonds. The lowest BCUT2D eigenvalue weighted by Gasteiger charge is -2.32. The Morgan fingerprint density at radius 2 is 1.75 bits per heavy atom. The van der Waals surface area contributed by atoms with Crippen LogP contribution in [0.2, 0.25) is 0 Å². The highest BCUT2D eigenvalue weighted by Gasteiger charge is 2.28. The number of carbonyl (C=O) groups is 2. The average Bonchev–Trinajstić information content (AvgIpc) is 3.45. The van der Waals surface area contributed by atoms with Crippen LogP contribution in [0.25, 0.3) is 11.1 Å². The number of likely N-dealkylation sites (tertiary alicyclic amines) is 1. The van der Waals surface area contributed by atoms with Gasteiger partial charge in [0.2, 0.25) is 0 Å². The second kappa shape index (κ2) is 16.3. The number of rotatable bonds is 12. The SMILES string of the molecule is CC[C@@H](C)N(C(=O)c1ccc(-c2cc(C(=O)N3CCC(OC)C3)ccc2F)c(OCCCOC)c1)C(C)C.CN. The first kappa shape index (κ1) is 33.2. The van der Waals surface area contributed by atoms with Crippen LogP contribution in [-0.2, 0) is 9.47 Å². The number of methoxy groups -OCH3 is 2. The molecule has 0 aliphatic carbocycles. The van der Waals surface area contributed by atoms with Crippen LogP contribution in [0.3, 0.4) is 0 Å². The van der Waals surface area contributed by atoms with Crippen molar-refractivity contribution in [3.63, 3.8) is 0 Å². The number of nitrogens with zero attached hydrogens (tertiary/aromatic N) is 2. The van der Waals surface area contributed by atoms with Gasteiger partial charge in [-0.15, -0.1) is 0 Å². The summed E-state index contributed by atoms with van der Waals surface area (Å²) in [6, 6.07) is 9.56. The molecule has 2 atom stereocenters. The Balaban J connectivity index is 0.00000274. The van der Waals surface area contributed by atoms with Gasteiger partial charge in [-0.3, -0.25) is 9.59 Å². The van der Waals surface area contributed by atoms with Crippen molar-refractivity contribution >= 4 is 11.8 Å². The van der Waals surface area contributed by atoms with Crippen molar-refractivity contribution < 1.29 is 28.2 Å². The van der Waals surface area contributed by atoms with Crippen LogP contribution in [0, 0.1) is 5.82 Å². The fourth-order valence-corrected chi connectivity index (χ4v) is 4.82. The van der Waals surface area contributed by atoms with Crippen LogP contribution in [0.1, 0.15) is 67.7 Å². The molecule has 1 saturated heterocycles. The zero-order chi connectivity index (χ0) is 29.8. The predicted octanol–water partition coefficient (Wildman–Crippen LogP) is 4.99. The van der Waals surface area contributed by atoms with Crippen LogP contribution in [0.15, 0.2) is 36.4 Å². The van der Waals surface area contributed by atoms with Crippen LogP contribution < -0.4 is 10.5 Å². The fourth-order valence-electron chi connectivity index (χ4n) is 4.82. The van der Waals surface area contributed by atoms with Gasteiger partial charge in [-0.25, -0.2) is 4.39 Å². The second-order valence-corrected chi connectivity index (χ2v) is 10.1. The van der Waals surface area contributed by atoms with Gasteiger partial charge in [0.05, 0.1) is 12.7 Å². The summed E-state index contributed by atoms with van der Waals surface area (Å²) in [7, 11) is 4.76. The second-order valence-electron chi connectivity index (χ2n) is 10.1. The van der Waals surface area contributed by atoms with Gasteiger partial charge in [0.25, 0.3) is 11.8 Å². The summed E-state index contributed by atoms with van der Waals surface area (Å²) in [5.74, 6) is -0.346. The van der Waals surface area contributed by atoms with E-state index in [1.165, 1.54) is 19.2 Å². The Morgan fingerprint density at radius 1 is 1.05 bits per heavy atom. The predicted molar refractivity (Wildman–Crippen MR) is 156 cm³/mol. The topological polar surface area (TPSA) is 94.3 Å². The lowest BCUT2D eigenvalue weighted by Crippen LogP contribution is -2.43. The average molecular weight is 560 g/mol. The normalized spacial score (nSPS) is 15.4. The van der Waals surface area contributed by atoms with Gasteiger partial charge in [0, 0.05) is 74.7 Å². The van der Waals surface area contributed by atoms with E-state index in [4.69, 9.17) is 14.2 Å². The summed E-state index contributed by atoms with van der Waals surface area (Å²) in [6.45, 7) is 10.0. The molecular formula is C31H46FN3O5. The minimum atomic E-state index is -0.470. The standard InChI is InChI=1S/C30H41FN2O5.CH5N/c1-7-21(4)33(20(2)3)30(35)23-9-11-25(28(18-23)38-16-8-15-36-5)26-17-22(10-12-27(26)31)29(34)32-14-13-24(19-32)37-6;1-2/h9-12,17-18,20-21,24H,7-8,13-16,19H2,1-6H3;2H2,1H3/t21-,24?;/m1./s1. The third kappa shape index (κ3) is 8.25. The van der Waals surface area contributed by atoms with Crippen molar-refractivity contribution in [2.24, 2.45) is 5.73 Å². The number of amides is 2. The molecule has 2 aromatic carbocycles. The van der Waals surface area contributed by atoms with E-state index in [0.717, 1.165) is 12.8 Å².